The van der Waals surface area contributed by atoms with Crippen LogP contribution in [0.15, 0.2) is 42.6 Å². The zero-order chi connectivity index (χ0) is 15.7. The summed E-state index contributed by atoms with van der Waals surface area (Å²) < 4.78 is 7.20. The summed E-state index contributed by atoms with van der Waals surface area (Å²) >= 11 is 0. The summed E-state index contributed by atoms with van der Waals surface area (Å²) in [6.45, 7) is 1.96. The van der Waals surface area contributed by atoms with Crippen LogP contribution in [0.3, 0.4) is 0 Å². The van der Waals surface area contributed by atoms with Gasteiger partial charge in [-0.3, -0.25) is 4.79 Å². The summed E-state index contributed by atoms with van der Waals surface area (Å²) in [7, 11) is 3.48. The lowest BCUT2D eigenvalue weighted by atomic mass is 10.2. The molecule has 0 bridgehead atoms. The van der Waals surface area contributed by atoms with Gasteiger partial charge in [0.05, 0.1) is 12.6 Å². The van der Waals surface area contributed by atoms with Gasteiger partial charge in [-0.25, -0.2) is 4.98 Å². The summed E-state index contributed by atoms with van der Waals surface area (Å²) in [5, 5.41) is 3.74. The number of nitrogens with zero attached hydrogens (tertiary/aromatic N) is 2. The van der Waals surface area contributed by atoms with E-state index in [1.54, 1.807) is 13.3 Å². The van der Waals surface area contributed by atoms with Crippen molar-refractivity contribution in [3.8, 4) is 5.75 Å². The monoisotopic (exact) mass is 295 g/mol. The molecule has 5 heteroatoms. The molecule has 3 rings (SSSR count). The maximum Gasteiger partial charge on any atom is 0.273 e. The Morgan fingerprint density at radius 1 is 1.27 bits per heavy atom. The quantitative estimate of drug-likeness (QED) is 0.807. The van der Waals surface area contributed by atoms with E-state index in [2.05, 4.69) is 10.3 Å². The zero-order valence-corrected chi connectivity index (χ0v) is 12.8. The van der Waals surface area contributed by atoms with Gasteiger partial charge in [-0.05, 0) is 42.8 Å². The molecule has 5 nitrogen and oxygen atoms in total. The molecule has 1 aromatic carbocycles. The second-order valence-electron chi connectivity index (χ2n) is 5.15. The van der Waals surface area contributed by atoms with Crippen molar-refractivity contribution in [3.05, 3.63) is 53.9 Å². The van der Waals surface area contributed by atoms with Gasteiger partial charge in [0.15, 0.2) is 0 Å². The van der Waals surface area contributed by atoms with Gasteiger partial charge in [0.1, 0.15) is 17.3 Å². The number of ether oxygens (including phenoxy) is 1. The van der Waals surface area contributed by atoms with Crippen molar-refractivity contribution in [2.75, 3.05) is 12.4 Å². The molecule has 0 aliphatic heterocycles. The lowest BCUT2D eigenvalue weighted by Crippen LogP contribution is -2.16. The van der Waals surface area contributed by atoms with Crippen LogP contribution in [-0.2, 0) is 7.05 Å². The molecule has 3 aromatic rings. The molecule has 2 heterocycles. The van der Waals surface area contributed by atoms with Crippen molar-refractivity contribution >= 4 is 22.6 Å². The molecule has 2 aromatic heterocycles. The average molecular weight is 295 g/mol. The van der Waals surface area contributed by atoms with E-state index in [4.69, 9.17) is 4.74 Å². The van der Waals surface area contributed by atoms with Crippen molar-refractivity contribution in [1.29, 1.82) is 0 Å². The van der Waals surface area contributed by atoms with E-state index >= 15 is 0 Å². The van der Waals surface area contributed by atoms with Crippen LogP contribution in [0.25, 0.3) is 10.9 Å². The molecule has 112 valence electrons. The number of carbonyl (C=O) groups is 1. The molecule has 0 spiro atoms. The second kappa shape index (κ2) is 5.52. The largest absolute Gasteiger partial charge is 0.496 e. The average Bonchev–Trinajstić information content (AvgIpc) is 2.85. The molecule has 0 radical (unpaired) electrons. The maximum atomic E-state index is 12.5. The Bertz CT molecular complexity index is 852. The predicted octanol–water partition coefficient (Wildman–Crippen LogP) is 3.14. The highest BCUT2D eigenvalue weighted by Crippen LogP contribution is 2.28. The first-order chi connectivity index (χ1) is 10.6. The second-order valence-corrected chi connectivity index (χ2v) is 5.15. The molecular formula is C17H17N3O2. The van der Waals surface area contributed by atoms with Crippen LogP contribution >= 0.6 is 0 Å². The molecule has 0 aliphatic rings. The molecule has 22 heavy (non-hydrogen) atoms. The predicted molar refractivity (Wildman–Crippen MR) is 86.4 cm³/mol. The standard InChI is InChI=1S/C17H17N3O2/c1-11-7-8-18-16(9-11)19-17(21)14-10-12-13(20(14)2)5-4-6-15(12)22-3/h4-10H,1-3H3,(H,18,19,21). The topological polar surface area (TPSA) is 56.1 Å². The Labute approximate surface area is 128 Å². The van der Waals surface area contributed by atoms with Crippen molar-refractivity contribution < 1.29 is 9.53 Å². The van der Waals surface area contributed by atoms with Gasteiger partial charge in [0.25, 0.3) is 5.91 Å². The first-order valence-electron chi connectivity index (χ1n) is 6.96. The number of hydrogen-bond donors (Lipinski definition) is 1. The van der Waals surface area contributed by atoms with Crippen LogP contribution in [0, 0.1) is 6.92 Å². The summed E-state index contributed by atoms with van der Waals surface area (Å²) in [6, 6.07) is 11.3. The number of fused-ring (bicyclic) bond motifs is 1. The molecule has 0 aliphatic carbocycles. The number of aromatic nitrogens is 2. The molecule has 0 unspecified atom stereocenters. The summed E-state index contributed by atoms with van der Waals surface area (Å²) in [5.74, 6) is 1.10. The van der Waals surface area contributed by atoms with Crippen LogP contribution in [0.2, 0.25) is 0 Å². The van der Waals surface area contributed by atoms with E-state index in [0.29, 0.717) is 11.5 Å². The van der Waals surface area contributed by atoms with E-state index in [-0.39, 0.29) is 5.91 Å². The Morgan fingerprint density at radius 2 is 2.09 bits per heavy atom. The Morgan fingerprint density at radius 3 is 2.82 bits per heavy atom. The van der Waals surface area contributed by atoms with Gasteiger partial charge in [-0.2, -0.15) is 0 Å². The molecule has 0 saturated heterocycles. The maximum absolute atomic E-state index is 12.5. The number of methoxy groups -OCH3 is 1. The third-order valence-corrected chi connectivity index (χ3v) is 3.66. The van der Waals surface area contributed by atoms with Crippen molar-refractivity contribution in [3.63, 3.8) is 0 Å². The van der Waals surface area contributed by atoms with Crippen LogP contribution in [-0.4, -0.2) is 22.6 Å². The number of benzene rings is 1. The van der Waals surface area contributed by atoms with Crippen molar-refractivity contribution in [2.24, 2.45) is 7.05 Å². The third-order valence-electron chi connectivity index (χ3n) is 3.66. The molecule has 0 atom stereocenters. The number of anilines is 1. The van der Waals surface area contributed by atoms with Gasteiger partial charge in [0, 0.05) is 18.6 Å². The molecular weight excluding hydrogens is 278 g/mol. The van der Waals surface area contributed by atoms with Crippen molar-refractivity contribution in [1.82, 2.24) is 9.55 Å². The zero-order valence-electron chi connectivity index (χ0n) is 12.8. The number of pyridine rings is 1. The first kappa shape index (κ1) is 14.1. The van der Waals surface area contributed by atoms with Crippen LogP contribution < -0.4 is 10.1 Å². The number of aryl methyl sites for hydroxylation is 2. The summed E-state index contributed by atoms with van der Waals surface area (Å²) in [6.07, 6.45) is 1.68. The number of rotatable bonds is 3. The van der Waals surface area contributed by atoms with E-state index < -0.39 is 0 Å². The minimum atomic E-state index is -0.196. The lowest BCUT2D eigenvalue weighted by molar-refractivity contribution is 0.101. The van der Waals surface area contributed by atoms with Gasteiger partial charge in [0.2, 0.25) is 0 Å². The van der Waals surface area contributed by atoms with E-state index in [1.165, 1.54) is 0 Å². The highest BCUT2D eigenvalue weighted by atomic mass is 16.5. The van der Waals surface area contributed by atoms with Gasteiger partial charge >= 0.3 is 0 Å². The van der Waals surface area contributed by atoms with Crippen LogP contribution in [0.5, 0.6) is 5.75 Å². The fourth-order valence-electron chi connectivity index (χ4n) is 2.51. The number of hydrogen-bond acceptors (Lipinski definition) is 3. The highest BCUT2D eigenvalue weighted by molar-refractivity contribution is 6.06. The first-order valence-corrected chi connectivity index (χ1v) is 6.96. The van der Waals surface area contributed by atoms with E-state index in [0.717, 1.165) is 22.2 Å². The number of nitrogens with one attached hydrogen (secondary N) is 1. The SMILES string of the molecule is COc1cccc2c1cc(C(=O)Nc1cc(C)ccn1)n2C. The van der Waals surface area contributed by atoms with E-state index in [9.17, 15) is 4.79 Å². The van der Waals surface area contributed by atoms with E-state index in [1.807, 2.05) is 54.9 Å². The number of amides is 1. The minimum Gasteiger partial charge on any atom is -0.496 e. The fourth-order valence-corrected chi connectivity index (χ4v) is 2.51. The Hall–Kier alpha value is -2.82. The normalized spacial score (nSPS) is 10.7. The van der Waals surface area contributed by atoms with Crippen LogP contribution in [0.1, 0.15) is 16.1 Å². The summed E-state index contributed by atoms with van der Waals surface area (Å²) in [4.78, 5) is 16.7. The minimum absolute atomic E-state index is 0.196. The Balaban J connectivity index is 1.99. The Kier molecular flexibility index (Phi) is 3.55. The van der Waals surface area contributed by atoms with Crippen molar-refractivity contribution in [2.45, 2.75) is 6.92 Å². The molecule has 1 N–H and O–H groups in total. The van der Waals surface area contributed by atoms with Crippen LogP contribution in [0.4, 0.5) is 5.82 Å². The van der Waals surface area contributed by atoms with Gasteiger partial charge in [-0.15, -0.1) is 0 Å². The third kappa shape index (κ3) is 2.41. The lowest BCUT2D eigenvalue weighted by Gasteiger charge is -2.06. The summed E-state index contributed by atoms with van der Waals surface area (Å²) in [5.41, 5.74) is 2.55. The molecule has 0 saturated carbocycles. The van der Waals surface area contributed by atoms with Gasteiger partial charge < -0.3 is 14.6 Å². The smallest absolute Gasteiger partial charge is 0.273 e. The fraction of sp³-hybridized carbons (Fsp3) is 0.176. The highest BCUT2D eigenvalue weighted by Gasteiger charge is 2.16. The molecule has 0 fully saturated rings. The molecule has 1 amide bonds. The number of carbonyl (C=O) groups excluding carboxylic acids is 1. The van der Waals surface area contributed by atoms with Gasteiger partial charge in [-0.1, -0.05) is 6.07 Å².